The van der Waals surface area contributed by atoms with Crippen LogP contribution in [0.25, 0.3) is 0 Å². The van der Waals surface area contributed by atoms with E-state index in [2.05, 4.69) is 0 Å². The van der Waals surface area contributed by atoms with Gasteiger partial charge < -0.3 is 24.7 Å². The van der Waals surface area contributed by atoms with E-state index in [0.717, 1.165) is 24.3 Å². The predicted molar refractivity (Wildman–Crippen MR) is 68.4 cm³/mol. The summed E-state index contributed by atoms with van der Waals surface area (Å²) < 4.78 is 5.31. The van der Waals surface area contributed by atoms with Crippen LogP contribution in [-0.2, 0) is 14.3 Å². The second-order valence-corrected chi connectivity index (χ2v) is 4.89. The summed E-state index contributed by atoms with van der Waals surface area (Å²) in [5.74, 6) is -2.28. The van der Waals surface area contributed by atoms with Gasteiger partial charge in [-0.15, -0.1) is 0 Å². The van der Waals surface area contributed by atoms with Gasteiger partial charge in [0.1, 0.15) is 13.1 Å². The number of urea groups is 1. The van der Waals surface area contributed by atoms with Crippen LogP contribution in [0.5, 0.6) is 0 Å². The van der Waals surface area contributed by atoms with Crippen molar-refractivity contribution in [2.75, 3.05) is 39.9 Å². The molecule has 1 unspecified atom stereocenters. The van der Waals surface area contributed by atoms with Gasteiger partial charge in [-0.05, 0) is 12.8 Å². The molecule has 1 aliphatic rings. The van der Waals surface area contributed by atoms with Crippen molar-refractivity contribution in [1.29, 1.82) is 0 Å². The zero-order valence-electron chi connectivity index (χ0n) is 11.4. The Morgan fingerprint density at radius 1 is 1.20 bits per heavy atom. The molecule has 0 spiro atoms. The zero-order chi connectivity index (χ0) is 15.1. The normalized spacial score (nSPS) is 18.4. The first kappa shape index (κ1) is 16.2. The van der Waals surface area contributed by atoms with Crippen molar-refractivity contribution in [3.8, 4) is 0 Å². The van der Waals surface area contributed by atoms with Gasteiger partial charge in [0.25, 0.3) is 0 Å². The Labute approximate surface area is 116 Å². The molecule has 0 aromatic heterocycles. The molecule has 8 heteroatoms. The van der Waals surface area contributed by atoms with Crippen LogP contribution in [0.2, 0.25) is 0 Å². The van der Waals surface area contributed by atoms with Gasteiger partial charge in [0.05, 0.1) is 6.61 Å². The van der Waals surface area contributed by atoms with Crippen LogP contribution in [0, 0.1) is 5.92 Å². The van der Waals surface area contributed by atoms with Gasteiger partial charge in [0, 0.05) is 26.1 Å². The van der Waals surface area contributed by atoms with Crippen LogP contribution >= 0.6 is 0 Å². The van der Waals surface area contributed by atoms with Gasteiger partial charge in [-0.25, -0.2) is 4.79 Å². The largest absolute Gasteiger partial charge is 0.480 e. The van der Waals surface area contributed by atoms with E-state index in [0.29, 0.717) is 13.2 Å². The van der Waals surface area contributed by atoms with Crippen LogP contribution in [0.15, 0.2) is 0 Å². The first-order valence-electron chi connectivity index (χ1n) is 6.41. The summed E-state index contributed by atoms with van der Waals surface area (Å²) in [5, 5.41) is 17.4. The highest BCUT2D eigenvalue weighted by Crippen LogP contribution is 2.15. The van der Waals surface area contributed by atoms with Crippen molar-refractivity contribution in [2.24, 2.45) is 5.92 Å². The summed E-state index contributed by atoms with van der Waals surface area (Å²) in [6, 6.07) is -0.597. The summed E-state index contributed by atoms with van der Waals surface area (Å²) in [5.41, 5.74) is 0. The van der Waals surface area contributed by atoms with Crippen LogP contribution < -0.4 is 0 Å². The lowest BCUT2D eigenvalue weighted by Crippen LogP contribution is -2.47. The Morgan fingerprint density at radius 2 is 1.80 bits per heavy atom. The summed E-state index contributed by atoms with van der Waals surface area (Å²) in [6.45, 7) is 0.454. The standard InChI is InChI=1S/C12H20N2O6/c1-13(5-9-3-2-4-20-8-9)12(19)14(6-10(15)16)7-11(17)18/h9H,2-8H2,1H3,(H,15,16)(H,17,18). The third kappa shape index (κ3) is 5.43. The summed E-state index contributed by atoms with van der Waals surface area (Å²) in [7, 11) is 1.54. The number of carboxylic acid groups (broad SMARTS) is 2. The molecule has 1 saturated heterocycles. The Kier molecular flexibility index (Phi) is 6.23. The molecule has 0 saturated carbocycles. The van der Waals surface area contributed by atoms with Gasteiger partial charge >= 0.3 is 18.0 Å². The Bertz CT molecular complexity index is 351. The van der Waals surface area contributed by atoms with Crippen molar-refractivity contribution in [2.45, 2.75) is 12.8 Å². The molecule has 0 radical (unpaired) electrons. The first-order valence-corrected chi connectivity index (χ1v) is 6.41. The van der Waals surface area contributed by atoms with E-state index >= 15 is 0 Å². The number of aliphatic carboxylic acids is 2. The van der Waals surface area contributed by atoms with E-state index in [4.69, 9.17) is 14.9 Å². The maximum atomic E-state index is 12.1. The fourth-order valence-electron chi connectivity index (χ4n) is 2.18. The number of carbonyl (C=O) groups excluding carboxylic acids is 1. The molecule has 0 aromatic rings. The second-order valence-electron chi connectivity index (χ2n) is 4.89. The second kappa shape index (κ2) is 7.68. The highest BCUT2D eigenvalue weighted by atomic mass is 16.5. The molecular weight excluding hydrogens is 268 g/mol. The Hall–Kier alpha value is -1.83. The van der Waals surface area contributed by atoms with Crippen LogP contribution in [0.3, 0.4) is 0 Å². The van der Waals surface area contributed by atoms with Crippen molar-refractivity contribution in [3.05, 3.63) is 0 Å². The average Bonchev–Trinajstić information content (AvgIpc) is 2.37. The topological polar surface area (TPSA) is 107 Å². The summed E-state index contributed by atoms with van der Waals surface area (Å²) in [6.07, 6.45) is 1.87. The first-order chi connectivity index (χ1) is 9.40. The lowest BCUT2D eigenvalue weighted by Gasteiger charge is -2.30. The highest BCUT2D eigenvalue weighted by Gasteiger charge is 2.25. The molecule has 2 N–H and O–H groups in total. The van der Waals surface area contributed by atoms with E-state index in [1.54, 1.807) is 0 Å². The maximum Gasteiger partial charge on any atom is 0.323 e. The minimum Gasteiger partial charge on any atom is -0.480 e. The van der Waals surface area contributed by atoms with Crippen LogP contribution in [0.1, 0.15) is 12.8 Å². The van der Waals surface area contributed by atoms with E-state index in [1.807, 2.05) is 0 Å². The summed E-state index contributed by atoms with van der Waals surface area (Å²) in [4.78, 5) is 35.6. The third-order valence-electron chi connectivity index (χ3n) is 3.04. The molecule has 1 heterocycles. The van der Waals surface area contributed by atoms with Gasteiger partial charge in [0.2, 0.25) is 0 Å². The predicted octanol–water partition coefficient (Wildman–Crippen LogP) is -0.0640. The monoisotopic (exact) mass is 288 g/mol. The van der Waals surface area contributed by atoms with Crippen molar-refractivity contribution < 1.29 is 29.3 Å². The lowest BCUT2D eigenvalue weighted by molar-refractivity contribution is -0.140. The molecule has 2 amide bonds. The molecule has 1 atom stereocenters. The number of amides is 2. The van der Waals surface area contributed by atoms with E-state index in [1.165, 1.54) is 11.9 Å². The quantitative estimate of drug-likeness (QED) is 0.708. The highest BCUT2D eigenvalue weighted by molar-refractivity contribution is 5.84. The van der Waals surface area contributed by atoms with Crippen molar-refractivity contribution in [1.82, 2.24) is 9.80 Å². The minimum atomic E-state index is -1.24. The number of rotatable bonds is 6. The molecule has 1 fully saturated rings. The molecule has 0 aromatic carbocycles. The molecule has 1 rings (SSSR count). The lowest BCUT2D eigenvalue weighted by atomic mass is 10.0. The summed E-state index contributed by atoms with van der Waals surface area (Å²) >= 11 is 0. The smallest absolute Gasteiger partial charge is 0.323 e. The number of carboxylic acids is 2. The molecule has 0 bridgehead atoms. The maximum absolute atomic E-state index is 12.1. The molecule has 1 aliphatic heterocycles. The van der Waals surface area contributed by atoms with Crippen LogP contribution in [0.4, 0.5) is 4.79 Å². The Balaban J connectivity index is 2.56. The number of carbonyl (C=O) groups is 3. The van der Waals surface area contributed by atoms with E-state index in [9.17, 15) is 14.4 Å². The Morgan fingerprint density at radius 3 is 2.25 bits per heavy atom. The number of hydrogen-bond acceptors (Lipinski definition) is 4. The van der Waals surface area contributed by atoms with Gasteiger partial charge in [-0.2, -0.15) is 0 Å². The molecule has 114 valence electrons. The zero-order valence-corrected chi connectivity index (χ0v) is 11.4. The fraction of sp³-hybridized carbons (Fsp3) is 0.750. The van der Waals surface area contributed by atoms with E-state index in [-0.39, 0.29) is 5.92 Å². The van der Waals surface area contributed by atoms with Crippen LogP contribution in [-0.4, -0.2) is 77.9 Å². The third-order valence-corrected chi connectivity index (χ3v) is 3.04. The number of hydrogen-bond donors (Lipinski definition) is 2. The molecular formula is C12H20N2O6. The van der Waals surface area contributed by atoms with Crippen molar-refractivity contribution >= 4 is 18.0 Å². The SMILES string of the molecule is CN(CC1CCCOC1)C(=O)N(CC(=O)O)CC(=O)O. The van der Waals surface area contributed by atoms with Gasteiger partial charge in [-0.1, -0.05) is 0 Å². The number of ether oxygens (including phenoxy) is 1. The molecule has 8 nitrogen and oxygen atoms in total. The number of nitrogens with zero attached hydrogens (tertiary/aromatic N) is 2. The van der Waals surface area contributed by atoms with Crippen molar-refractivity contribution in [3.63, 3.8) is 0 Å². The fourth-order valence-corrected chi connectivity index (χ4v) is 2.18. The van der Waals surface area contributed by atoms with Gasteiger partial charge in [0.15, 0.2) is 0 Å². The molecule has 0 aliphatic carbocycles. The average molecular weight is 288 g/mol. The van der Waals surface area contributed by atoms with E-state index < -0.39 is 31.1 Å². The van der Waals surface area contributed by atoms with Gasteiger partial charge in [-0.3, -0.25) is 9.59 Å². The minimum absolute atomic E-state index is 0.203. The molecule has 20 heavy (non-hydrogen) atoms.